The third-order valence-electron chi connectivity index (χ3n) is 1.97. The Morgan fingerprint density at radius 1 is 1.16 bits per heavy atom. The van der Waals surface area contributed by atoms with Gasteiger partial charge in [-0.15, -0.1) is 0 Å². The van der Waals surface area contributed by atoms with Gasteiger partial charge in [0.2, 0.25) is 5.91 Å². The number of aliphatic carboxylic acids is 1. The quantitative estimate of drug-likeness (QED) is 0.740. The van der Waals surface area contributed by atoms with Crippen molar-refractivity contribution in [3.05, 3.63) is 33.3 Å². The molecule has 0 radical (unpaired) electrons. The van der Waals surface area contributed by atoms with E-state index in [4.69, 9.17) is 16.7 Å². The molecule has 1 aromatic carbocycles. The van der Waals surface area contributed by atoms with E-state index in [1.165, 1.54) is 6.07 Å². The molecule has 0 aliphatic rings. The van der Waals surface area contributed by atoms with Crippen molar-refractivity contribution in [2.24, 2.45) is 0 Å². The summed E-state index contributed by atoms with van der Waals surface area (Å²) in [6, 6.07) is 4.63. The highest BCUT2D eigenvalue weighted by molar-refractivity contribution is 9.10. The molecule has 0 heterocycles. The fourth-order valence-corrected chi connectivity index (χ4v) is 2.04. The molecule has 1 rings (SSSR count). The maximum atomic E-state index is 11.7. The zero-order valence-electron chi connectivity index (χ0n) is 9.57. The lowest BCUT2D eigenvalue weighted by atomic mass is 10.2. The largest absolute Gasteiger partial charge is 0.480 e. The van der Waals surface area contributed by atoms with Gasteiger partial charge in [-0.25, -0.2) is 0 Å². The first kappa shape index (κ1) is 15.5. The van der Waals surface area contributed by atoms with Gasteiger partial charge in [0.05, 0.1) is 6.54 Å². The van der Waals surface area contributed by atoms with Crippen molar-refractivity contribution in [3.8, 4) is 0 Å². The Labute approximate surface area is 122 Å². The van der Waals surface area contributed by atoms with Gasteiger partial charge in [-0.05, 0) is 18.2 Å². The highest BCUT2D eigenvalue weighted by Crippen LogP contribution is 2.19. The minimum atomic E-state index is -1.15. The number of carbonyl (C=O) groups is 3. The van der Waals surface area contributed by atoms with Gasteiger partial charge in [-0.3, -0.25) is 14.4 Å². The first-order valence-corrected chi connectivity index (χ1v) is 6.28. The van der Waals surface area contributed by atoms with Crippen LogP contribution in [0.25, 0.3) is 0 Å². The molecule has 2 amide bonds. The fraction of sp³-hybridized carbons (Fsp3) is 0.182. The number of benzene rings is 1. The second-order valence-corrected chi connectivity index (χ2v) is 4.86. The SMILES string of the molecule is O=C(O)CNC(=O)CNC(=O)c1cc(Cl)cc(Br)c1. The smallest absolute Gasteiger partial charge is 0.322 e. The van der Waals surface area contributed by atoms with Crippen molar-refractivity contribution in [1.82, 2.24) is 10.6 Å². The second kappa shape index (κ2) is 7.10. The molecule has 0 saturated carbocycles. The van der Waals surface area contributed by atoms with Crippen molar-refractivity contribution in [2.45, 2.75) is 0 Å². The maximum Gasteiger partial charge on any atom is 0.322 e. The van der Waals surface area contributed by atoms with Gasteiger partial charge in [0, 0.05) is 15.1 Å². The van der Waals surface area contributed by atoms with E-state index in [9.17, 15) is 14.4 Å². The Morgan fingerprint density at radius 2 is 1.84 bits per heavy atom. The highest BCUT2D eigenvalue weighted by Gasteiger charge is 2.10. The Balaban J connectivity index is 2.51. The summed E-state index contributed by atoms with van der Waals surface area (Å²) in [5, 5.41) is 13.2. The summed E-state index contributed by atoms with van der Waals surface area (Å²) in [5.74, 6) is -2.22. The number of carbonyl (C=O) groups excluding carboxylic acids is 2. The second-order valence-electron chi connectivity index (χ2n) is 3.51. The summed E-state index contributed by atoms with van der Waals surface area (Å²) in [5.41, 5.74) is 0.297. The number of carboxylic acid groups (broad SMARTS) is 1. The molecule has 0 spiro atoms. The third-order valence-corrected chi connectivity index (χ3v) is 2.65. The number of hydrogen-bond donors (Lipinski definition) is 3. The molecule has 1 aromatic rings. The Hall–Kier alpha value is -1.60. The fourth-order valence-electron chi connectivity index (χ4n) is 1.18. The molecule has 19 heavy (non-hydrogen) atoms. The summed E-state index contributed by atoms with van der Waals surface area (Å²) >= 11 is 8.98. The van der Waals surface area contributed by atoms with E-state index < -0.39 is 24.3 Å². The number of rotatable bonds is 5. The molecule has 3 N–H and O–H groups in total. The minimum absolute atomic E-state index is 0.297. The van der Waals surface area contributed by atoms with Crippen LogP contribution in [0, 0.1) is 0 Å². The maximum absolute atomic E-state index is 11.7. The van der Waals surface area contributed by atoms with Crippen LogP contribution in [0.15, 0.2) is 22.7 Å². The molecule has 0 aliphatic heterocycles. The lowest BCUT2D eigenvalue weighted by molar-refractivity contribution is -0.137. The van der Waals surface area contributed by atoms with Crippen molar-refractivity contribution in [3.63, 3.8) is 0 Å². The van der Waals surface area contributed by atoms with Crippen LogP contribution in [0.2, 0.25) is 5.02 Å². The van der Waals surface area contributed by atoms with Gasteiger partial charge in [0.15, 0.2) is 0 Å². The number of carboxylic acids is 1. The normalized spacial score (nSPS) is 9.79. The first-order chi connectivity index (χ1) is 8.88. The minimum Gasteiger partial charge on any atom is -0.480 e. The first-order valence-electron chi connectivity index (χ1n) is 5.11. The molecular weight excluding hydrogens is 339 g/mol. The van der Waals surface area contributed by atoms with Gasteiger partial charge in [-0.1, -0.05) is 27.5 Å². The summed E-state index contributed by atoms with van der Waals surface area (Å²) in [7, 11) is 0. The van der Waals surface area contributed by atoms with Crippen LogP contribution in [0.4, 0.5) is 0 Å². The summed E-state index contributed by atoms with van der Waals surface area (Å²) < 4.78 is 0.639. The van der Waals surface area contributed by atoms with Crippen molar-refractivity contribution in [2.75, 3.05) is 13.1 Å². The van der Waals surface area contributed by atoms with E-state index in [1.54, 1.807) is 12.1 Å². The predicted molar refractivity (Wildman–Crippen MR) is 72.1 cm³/mol. The molecule has 102 valence electrons. The third kappa shape index (κ3) is 5.71. The molecule has 0 unspecified atom stereocenters. The molecule has 0 aromatic heterocycles. The van der Waals surface area contributed by atoms with Crippen molar-refractivity contribution >= 4 is 45.3 Å². The zero-order chi connectivity index (χ0) is 14.4. The molecular formula is C11H10BrClN2O4. The van der Waals surface area contributed by atoms with Gasteiger partial charge in [0.1, 0.15) is 6.54 Å². The summed E-state index contributed by atoms with van der Waals surface area (Å²) in [6.45, 7) is -0.798. The monoisotopic (exact) mass is 348 g/mol. The lowest BCUT2D eigenvalue weighted by Crippen LogP contribution is -2.39. The average molecular weight is 350 g/mol. The van der Waals surface area contributed by atoms with E-state index >= 15 is 0 Å². The van der Waals surface area contributed by atoms with Gasteiger partial charge < -0.3 is 15.7 Å². The Morgan fingerprint density at radius 3 is 2.42 bits per heavy atom. The molecule has 6 nitrogen and oxygen atoms in total. The summed E-state index contributed by atoms with van der Waals surface area (Å²) in [4.78, 5) is 33.1. The van der Waals surface area contributed by atoms with Crippen LogP contribution in [-0.4, -0.2) is 36.0 Å². The van der Waals surface area contributed by atoms with Crippen molar-refractivity contribution < 1.29 is 19.5 Å². The van der Waals surface area contributed by atoms with E-state index in [1.807, 2.05) is 0 Å². The number of hydrogen-bond acceptors (Lipinski definition) is 3. The van der Waals surface area contributed by atoms with Crippen LogP contribution >= 0.6 is 27.5 Å². The molecule has 0 saturated heterocycles. The van der Waals surface area contributed by atoms with Crippen LogP contribution in [0.1, 0.15) is 10.4 Å². The predicted octanol–water partition coefficient (Wildman–Crippen LogP) is 1.03. The van der Waals surface area contributed by atoms with Gasteiger partial charge in [-0.2, -0.15) is 0 Å². The van der Waals surface area contributed by atoms with E-state index in [0.717, 1.165) is 0 Å². The summed E-state index contributed by atoms with van der Waals surface area (Å²) in [6.07, 6.45) is 0. The molecule has 0 bridgehead atoms. The molecule has 0 aliphatic carbocycles. The zero-order valence-corrected chi connectivity index (χ0v) is 11.9. The number of halogens is 2. The van der Waals surface area contributed by atoms with Crippen LogP contribution in [0.5, 0.6) is 0 Å². The Bertz CT molecular complexity index is 501. The van der Waals surface area contributed by atoms with Crippen molar-refractivity contribution in [1.29, 1.82) is 0 Å². The van der Waals surface area contributed by atoms with Crippen LogP contribution in [-0.2, 0) is 9.59 Å². The lowest BCUT2D eigenvalue weighted by Gasteiger charge is -2.06. The highest BCUT2D eigenvalue weighted by atomic mass is 79.9. The average Bonchev–Trinajstić information content (AvgIpc) is 2.32. The standard InChI is InChI=1S/C11H10BrClN2O4/c12-7-1-6(2-8(13)3-7)11(19)15-4-9(16)14-5-10(17)18/h1-3H,4-5H2,(H,14,16)(H,15,19)(H,17,18). The number of amides is 2. The molecule has 0 atom stereocenters. The number of nitrogens with one attached hydrogen (secondary N) is 2. The van der Waals surface area contributed by atoms with Crippen LogP contribution in [0.3, 0.4) is 0 Å². The van der Waals surface area contributed by atoms with Gasteiger partial charge in [0.25, 0.3) is 5.91 Å². The molecule has 8 heteroatoms. The van der Waals surface area contributed by atoms with Crippen LogP contribution < -0.4 is 10.6 Å². The van der Waals surface area contributed by atoms with E-state index in [0.29, 0.717) is 15.1 Å². The Kier molecular flexibility index (Phi) is 5.78. The van der Waals surface area contributed by atoms with E-state index in [-0.39, 0.29) is 6.54 Å². The van der Waals surface area contributed by atoms with E-state index in [2.05, 4.69) is 26.6 Å². The van der Waals surface area contributed by atoms with Gasteiger partial charge >= 0.3 is 5.97 Å². The topological polar surface area (TPSA) is 95.5 Å². The molecule has 0 fully saturated rings.